The monoisotopic (exact) mass is 355 g/mol. The molecule has 0 aliphatic carbocycles. The highest BCUT2D eigenvalue weighted by atomic mass is 32.1. The fourth-order valence-corrected chi connectivity index (χ4v) is 3.61. The van der Waals surface area contributed by atoms with Crippen LogP contribution in [0.2, 0.25) is 0 Å². The van der Waals surface area contributed by atoms with Crippen LogP contribution >= 0.6 is 11.3 Å². The summed E-state index contributed by atoms with van der Waals surface area (Å²) in [4.78, 5) is 18.7. The molecule has 1 aromatic heterocycles. The Morgan fingerprint density at radius 2 is 2.08 bits per heavy atom. The fourth-order valence-electron chi connectivity index (χ4n) is 2.56. The number of hydrogen-bond donors (Lipinski definition) is 1. The molecule has 0 unspecified atom stereocenters. The van der Waals surface area contributed by atoms with Gasteiger partial charge < -0.3 is 10.1 Å². The van der Waals surface area contributed by atoms with Crippen LogP contribution in [0.4, 0.5) is 0 Å². The van der Waals surface area contributed by atoms with E-state index in [-0.39, 0.29) is 5.91 Å². The Morgan fingerprint density at radius 3 is 2.88 bits per heavy atom. The zero-order valence-corrected chi connectivity index (χ0v) is 15.2. The number of nitrogens with one attached hydrogen (secondary N) is 1. The Morgan fingerprint density at radius 1 is 1.24 bits per heavy atom. The van der Waals surface area contributed by atoms with E-state index in [2.05, 4.69) is 16.4 Å². The van der Waals surface area contributed by atoms with E-state index < -0.39 is 0 Å². The summed E-state index contributed by atoms with van der Waals surface area (Å²) in [6, 6.07) is 15.8. The van der Waals surface area contributed by atoms with Crippen LogP contribution in [0.1, 0.15) is 10.6 Å². The van der Waals surface area contributed by atoms with Crippen LogP contribution in [-0.2, 0) is 17.9 Å². The number of rotatable bonds is 7. The summed E-state index contributed by atoms with van der Waals surface area (Å²) in [5, 5.41) is 3.96. The molecule has 0 spiro atoms. The fraction of sp³-hybridized carbons (Fsp3) is 0.263. The van der Waals surface area contributed by atoms with Gasteiger partial charge in [0.05, 0.1) is 30.4 Å². The van der Waals surface area contributed by atoms with Crippen LogP contribution < -0.4 is 10.1 Å². The number of carbonyl (C=O) groups excluding carboxylic acids is 1. The van der Waals surface area contributed by atoms with Crippen LogP contribution in [-0.4, -0.2) is 36.5 Å². The Balaban J connectivity index is 1.50. The maximum atomic E-state index is 12.1. The van der Waals surface area contributed by atoms with Crippen molar-refractivity contribution in [2.75, 3.05) is 20.7 Å². The number of aromatic nitrogens is 1. The molecular formula is C19H21N3O2S. The van der Waals surface area contributed by atoms with Crippen LogP contribution in [0.25, 0.3) is 10.2 Å². The first-order chi connectivity index (χ1) is 12.1. The van der Waals surface area contributed by atoms with Gasteiger partial charge in [0, 0.05) is 6.54 Å². The summed E-state index contributed by atoms with van der Waals surface area (Å²) >= 11 is 1.67. The summed E-state index contributed by atoms with van der Waals surface area (Å²) < 4.78 is 6.37. The average Bonchev–Trinajstić information content (AvgIpc) is 3.02. The van der Waals surface area contributed by atoms with Crippen molar-refractivity contribution in [3.63, 3.8) is 0 Å². The third kappa shape index (κ3) is 4.78. The van der Waals surface area contributed by atoms with Crippen molar-refractivity contribution in [3.8, 4) is 5.75 Å². The van der Waals surface area contributed by atoms with Gasteiger partial charge in [-0.25, -0.2) is 4.98 Å². The molecule has 0 radical (unpaired) electrons. The topological polar surface area (TPSA) is 54.5 Å². The molecule has 0 aliphatic heterocycles. The van der Waals surface area contributed by atoms with Crippen molar-refractivity contribution < 1.29 is 9.53 Å². The second-order valence-electron chi connectivity index (χ2n) is 5.88. The molecule has 6 heteroatoms. The molecule has 1 heterocycles. The predicted molar refractivity (Wildman–Crippen MR) is 101 cm³/mol. The van der Waals surface area contributed by atoms with Crippen molar-refractivity contribution in [2.24, 2.45) is 0 Å². The molecule has 0 fully saturated rings. The van der Waals surface area contributed by atoms with Gasteiger partial charge in [0.15, 0.2) is 0 Å². The number of methoxy groups -OCH3 is 1. The minimum atomic E-state index is -0.00793. The van der Waals surface area contributed by atoms with E-state index in [0.29, 0.717) is 19.6 Å². The molecule has 0 atom stereocenters. The number of hydrogen-bond acceptors (Lipinski definition) is 5. The van der Waals surface area contributed by atoms with Crippen molar-refractivity contribution in [1.82, 2.24) is 15.2 Å². The SMILES string of the molecule is COc1cccc(CNC(=O)CN(C)Cc2nc3ccccc3s2)c1. The number of thiazole rings is 1. The molecule has 0 saturated heterocycles. The maximum absolute atomic E-state index is 12.1. The lowest BCUT2D eigenvalue weighted by Gasteiger charge is -2.14. The largest absolute Gasteiger partial charge is 0.497 e. The van der Waals surface area contributed by atoms with E-state index in [1.54, 1.807) is 18.4 Å². The number of ether oxygens (including phenoxy) is 1. The normalized spacial score (nSPS) is 11.0. The predicted octanol–water partition coefficient (Wildman–Crippen LogP) is 3.05. The molecule has 1 N–H and O–H groups in total. The van der Waals surface area contributed by atoms with Crippen molar-refractivity contribution in [3.05, 3.63) is 59.1 Å². The van der Waals surface area contributed by atoms with Crippen LogP contribution in [0.5, 0.6) is 5.75 Å². The first kappa shape index (κ1) is 17.4. The van der Waals surface area contributed by atoms with Crippen LogP contribution in [0.3, 0.4) is 0 Å². The number of fused-ring (bicyclic) bond motifs is 1. The van der Waals surface area contributed by atoms with E-state index in [1.165, 1.54) is 4.70 Å². The van der Waals surface area contributed by atoms with Crippen molar-refractivity contribution in [1.29, 1.82) is 0 Å². The molecule has 25 heavy (non-hydrogen) atoms. The molecule has 5 nitrogen and oxygen atoms in total. The summed E-state index contributed by atoms with van der Waals surface area (Å²) in [6.07, 6.45) is 0. The molecule has 0 bridgehead atoms. The van der Waals surface area contributed by atoms with Gasteiger partial charge in [-0.1, -0.05) is 24.3 Å². The number of likely N-dealkylation sites (N-methyl/N-ethyl adjacent to an activating group) is 1. The lowest BCUT2D eigenvalue weighted by molar-refractivity contribution is -0.122. The second-order valence-corrected chi connectivity index (χ2v) is 6.99. The molecular weight excluding hydrogens is 334 g/mol. The smallest absolute Gasteiger partial charge is 0.234 e. The summed E-state index contributed by atoms with van der Waals surface area (Å²) in [5.41, 5.74) is 2.03. The van der Waals surface area contributed by atoms with Crippen LogP contribution in [0, 0.1) is 0 Å². The highest BCUT2D eigenvalue weighted by molar-refractivity contribution is 7.18. The van der Waals surface area contributed by atoms with Gasteiger partial charge >= 0.3 is 0 Å². The molecule has 0 saturated carbocycles. The van der Waals surface area contributed by atoms with Gasteiger partial charge in [-0.3, -0.25) is 9.69 Å². The van der Waals surface area contributed by atoms with E-state index >= 15 is 0 Å². The van der Waals surface area contributed by atoms with E-state index in [0.717, 1.165) is 21.8 Å². The third-order valence-corrected chi connectivity index (χ3v) is 4.80. The van der Waals surface area contributed by atoms with Crippen LogP contribution in [0.15, 0.2) is 48.5 Å². The van der Waals surface area contributed by atoms with Crippen molar-refractivity contribution in [2.45, 2.75) is 13.1 Å². The summed E-state index contributed by atoms with van der Waals surface area (Å²) in [5.74, 6) is 0.783. The number of benzene rings is 2. The Labute approximate surface area is 151 Å². The zero-order valence-electron chi connectivity index (χ0n) is 14.4. The Hall–Kier alpha value is -2.44. The number of amides is 1. The molecule has 1 amide bonds. The Kier molecular flexibility index (Phi) is 5.63. The highest BCUT2D eigenvalue weighted by Gasteiger charge is 2.10. The number of nitrogens with zero attached hydrogens (tertiary/aromatic N) is 2. The standard InChI is InChI=1S/C19H21N3O2S/c1-22(13-19-21-16-8-3-4-9-17(16)25-19)12-18(23)20-11-14-6-5-7-15(10-14)24-2/h3-10H,11-13H2,1-2H3,(H,20,23). The molecule has 130 valence electrons. The van der Waals surface area contributed by atoms with Gasteiger partial charge in [-0.05, 0) is 36.9 Å². The van der Waals surface area contributed by atoms with E-state index in [1.807, 2.05) is 54.4 Å². The minimum absolute atomic E-state index is 0.00793. The van der Waals surface area contributed by atoms with Gasteiger partial charge in [0.1, 0.15) is 10.8 Å². The quantitative estimate of drug-likeness (QED) is 0.708. The van der Waals surface area contributed by atoms with Crippen molar-refractivity contribution >= 4 is 27.5 Å². The first-order valence-electron chi connectivity index (χ1n) is 8.06. The third-order valence-electron chi connectivity index (χ3n) is 3.78. The molecule has 0 aliphatic rings. The maximum Gasteiger partial charge on any atom is 0.234 e. The van der Waals surface area contributed by atoms with E-state index in [9.17, 15) is 4.79 Å². The molecule has 3 aromatic rings. The lowest BCUT2D eigenvalue weighted by Crippen LogP contribution is -2.34. The van der Waals surface area contributed by atoms with Gasteiger partial charge in [0.2, 0.25) is 5.91 Å². The molecule has 2 aromatic carbocycles. The summed E-state index contributed by atoms with van der Waals surface area (Å²) in [6.45, 7) is 1.48. The first-order valence-corrected chi connectivity index (χ1v) is 8.88. The highest BCUT2D eigenvalue weighted by Crippen LogP contribution is 2.22. The molecule has 3 rings (SSSR count). The minimum Gasteiger partial charge on any atom is -0.497 e. The van der Waals surface area contributed by atoms with Gasteiger partial charge in [-0.2, -0.15) is 0 Å². The van der Waals surface area contributed by atoms with E-state index in [4.69, 9.17) is 4.74 Å². The lowest BCUT2D eigenvalue weighted by atomic mass is 10.2. The summed E-state index contributed by atoms with van der Waals surface area (Å²) in [7, 11) is 3.56. The average molecular weight is 355 g/mol. The van der Waals surface area contributed by atoms with Gasteiger partial charge in [-0.15, -0.1) is 11.3 Å². The number of carbonyl (C=O) groups is 1. The zero-order chi connectivity index (χ0) is 17.6. The number of para-hydroxylation sites is 1. The van der Waals surface area contributed by atoms with Gasteiger partial charge in [0.25, 0.3) is 0 Å². The Bertz CT molecular complexity index is 830. The second kappa shape index (κ2) is 8.09.